The molecule has 6 heteroatoms. The number of fused-ring (bicyclic) bond motifs is 1. The van der Waals surface area contributed by atoms with Crippen molar-refractivity contribution in [3.8, 4) is 0 Å². The molecule has 0 fully saturated rings. The maximum atomic E-state index is 13.8. The average Bonchev–Trinajstić information content (AvgIpc) is 2.94. The zero-order valence-electron chi connectivity index (χ0n) is 13.2. The zero-order chi connectivity index (χ0) is 16.6. The first-order valence-corrected chi connectivity index (χ1v) is 7.26. The standard InChI is InChI=1S/C17H17FN4O/c1-17(2,3)22-14(6-8-20-22)21-16(23)13-10-12(18)9-11-5-4-7-19-15(11)13/h4-10H,1-3H3,(H,21,23). The van der Waals surface area contributed by atoms with E-state index in [0.717, 1.165) is 0 Å². The van der Waals surface area contributed by atoms with E-state index in [2.05, 4.69) is 15.4 Å². The second-order valence-electron chi connectivity index (χ2n) is 6.28. The second kappa shape index (κ2) is 5.46. The number of nitrogens with zero attached hydrogens (tertiary/aromatic N) is 3. The van der Waals surface area contributed by atoms with E-state index >= 15 is 0 Å². The number of rotatable bonds is 2. The molecular weight excluding hydrogens is 295 g/mol. The quantitative estimate of drug-likeness (QED) is 0.787. The van der Waals surface area contributed by atoms with Crippen molar-refractivity contribution in [2.75, 3.05) is 5.32 Å². The van der Waals surface area contributed by atoms with E-state index in [0.29, 0.717) is 16.7 Å². The van der Waals surface area contributed by atoms with Gasteiger partial charge in [-0.3, -0.25) is 9.78 Å². The normalized spacial score (nSPS) is 11.7. The highest BCUT2D eigenvalue weighted by atomic mass is 19.1. The lowest BCUT2D eigenvalue weighted by Crippen LogP contribution is -2.26. The van der Waals surface area contributed by atoms with Gasteiger partial charge in [0, 0.05) is 17.6 Å². The third-order valence-corrected chi connectivity index (χ3v) is 3.43. The van der Waals surface area contributed by atoms with Crippen LogP contribution in [0.2, 0.25) is 0 Å². The van der Waals surface area contributed by atoms with Crippen molar-refractivity contribution in [1.29, 1.82) is 0 Å². The fraction of sp³-hybridized carbons (Fsp3) is 0.235. The van der Waals surface area contributed by atoms with Crippen molar-refractivity contribution in [3.05, 3.63) is 54.1 Å². The zero-order valence-corrected chi connectivity index (χ0v) is 13.2. The van der Waals surface area contributed by atoms with Gasteiger partial charge in [0.05, 0.1) is 22.8 Å². The molecule has 1 aromatic carbocycles. The van der Waals surface area contributed by atoms with Crippen LogP contribution in [0.15, 0.2) is 42.7 Å². The van der Waals surface area contributed by atoms with Gasteiger partial charge in [-0.2, -0.15) is 5.10 Å². The smallest absolute Gasteiger partial charge is 0.259 e. The van der Waals surface area contributed by atoms with Crippen LogP contribution in [0.25, 0.3) is 10.9 Å². The van der Waals surface area contributed by atoms with Crippen LogP contribution in [-0.4, -0.2) is 20.7 Å². The van der Waals surface area contributed by atoms with Gasteiger partial charge in [0.25, 0.3) is 5.91 Å². The molecule has 0 unspecified atom stereocenters. The van der Waals surface area contributed by atoms with Gasteiger partial charge in [0.1, 0.15) is 11.6 Å². The number of hydrogen-bond donors (Lipinski definition) is 1. The third kappa shape index (κ3) is 2.92. The Morgan fingerprint density at radius 3 is 2.74 bits per heavy atom. The molecule has 2 aromatic heterocycles. The minimum atomic E-state index is -0.472. The summed E-state index contributed by atoms with van der Waals surface area (Å²) < 4.78 is 15.5. The Bertz CT molecular complexity index is 880. The number of benzene rings is 1. The summed E-state index contributed by atoms with van der Waals surface area (Å²) in [6.45, 7) is 5.94. The molecule has 3 aromatic rings. The summed E-state index contributed by atoms with van der Waals surface area (Å²) in [5.41, 5.74) is 0.379. The van der Waals surface area contributed by atoms with Crippen LogP contribution >= 0.6 is 0 Å². The van der Waals surface area contributed by atoms with Gasteiger partial charge in [-0.25, -0.2) is 9.07 Å². The van der Waals surface area contributed by atoms with Gasteiger partial charge >= 0.3 is 0 Å². The number of nitrogens with one attached hydrogen (secondary N) is 1. The Morgan fingerprint density at radius 2 is 2.00 bits per heavy atom. The van der Waals surface area contributed by atoms with Crippen molar-refractivity contribution in [1.82, 2.24) is 14.8 Å². The van der Waals surface area contributed by atoms with Crippen LogP contribution < -0.4 is 5.32 Å². The van der Waals surface area contributed by atoms with E-state index in [4.69, 9.17) is 0 Å². The molecule has 0 bridgehead atoms. The second-order valence-corrected chi connectivity index (χ2v) is 6.28. The topological polar surface area (TPSA) is 59.8 Å². The summed E-state index contributed by atoms with van der Waals surface area (Å²) in [5.74, 6) is -0.338. The first kappa shape index (κ1) is 15.1. The molecule has 0 aliphatic heterocycles. The summed E-state index contributed by atoms with van der Waals surface area (Å²) in [6.07, 6.45) is 3.19. The van der Waals surface area contributed by atoms with Gasteiger partial charge in [-0.05, 0) is 39.0 Å². The summed E-state index contributed by atoms with van der Waals surface area (Å²) in [7, 11) is 0. The highest BCUT2D eigenvalue weighted by molar-refractivity contribution is 6.11. The molecule has 0 aliphatic rings. The lowest BCUT2D eigenvalue weighted by Gasteiger charge is -2.22. The molecule has 1 amide bonds. The molecule has 3 rings (SSSR count). The Hall–Kier alpha value is -2.76. The number of hydrogen-bond acceptors (Lipinski definition) is 3. The molecule has 2 heterocycles. The van der Waals surface area contributed by atoms with Gasteiger partial charge in [0.15, 0.2) is 0 Å². The minimum absolute atomic E-state index is 0.197. The Morgan fingerprint density at radius 1 is 1.22 bits per heavy atom. The van der Waals surface area contributed by atoms with Crippen LogP contribution in [0.5, 0.6) is 0 Å². The first-order valence-electron chi connectivity index (χ1n) is 7.26. The monoisotopic (exact) mass is 312 g/mol. The molecule has 0 aliphatic carbocycles. The Labute approximate surface area is 133 Å². The molecule has 0 saturated carbocycles. The summed E-state index contributed by atoms with van der Waals surface area (Å²) in [4.78, 5) is 16.8. The summed E-state index contributed by atoms with van der Waals surface area (Å²) >= 11 is 0. The number of halogens is 1. The van der Waals surface area contributed by atoms with Crippen molar-refractivity contribution in [2.45, 2.75) is 26.3 Å². The number of anilines is 1. The van der Waals surface area contributed by atoms with Gasteiger partial charge in [-0.1, -0.05) is 6.07 Å². The number of amides is 1. The molecule has 118 valence electrons. The van der Waals surface area contributed by atoms with Crippen LogP contribution in [0.1, 0.15) is 31.1 Å². The van der Waals surface area contributed by atoms with E-state index < -0.39 is 11.7 Å². The van der Waals surface area contributed by atoms with Gasteiger partial charge < -0.3 is 5.32 Å². The number of carbonyl (C=O) groups is 1. The Kier molecular flexibility index (Phi) is 3.60. The molecule has 0 radical (unpaired) electrons. The first-order chi connectivity index (χ1) is 10.9. The highest BCUT2D eigenvalue weighted by Crippen LogP contribution is 2.22. The maximum absolute atomic E-state index is 13.8. The molecule has 0 saturated heterocycles. The predicted molar refractivity (Wildman–Crippen MR) is 86.9 cm³/mol. The average molecular weight is 312 g/mol. The fourth-order valence-electron chi connectivity index (χ4n) is 2.45. The molecule has 23 heavy (non-hydrogen) atoms. The predicted octanol–water partition coefficient (Wildman–Crippen LogP) is 3.58. The van der Waals surface area contributed by atoms with Crippen LogP contribution in [0, 0.1) is 5.82 Å². The molecular formula is C17H17FN4O. The molecule has 5 nitrogen and oxygen atoms in total. The minimum Gasteiger partial charge on any atom is -0.307 e. The van der Waals surface area contributed by atoms with E-state index in [-0.39, 0.29) is 11.1 Å². The van der Waals surface area contributed by atoms with Gasteiger partial charge in [0.2, 0.25) is 0 Å². The molecule has 0 spiro atoms. The van der Waals surface area contributed by atoms with Crippen LogP contribution in [0.4, 0.5) is 10.2 Å². The number of aromatic nitrogens is 3. The summed E-state index contributed by atoms with van der Waals surface area (Å²) in [5, 5.41) is 7.60. The fourth-order valence-corrected chi connectivity index (χ4v) is 2.45. The van der Waals surface area contributed by atoms with Crippen LogP contribution in [0.3, 0.4) is 0 Å². The SMILES string of the molecule is CC(C)(C)n1nccc1NC(=O)c1cc(F)cc2cccnc12. The maximum Gasteiger partial charge on any atom is 0.259 e. The molecule has 1 N–H and O–H groups in total. The molecule has 0 atom stereocenters. The van der Waals surface area contributed by atoms with Crippen molar-refractivity contribution in [2.24, 2.45) is 0 Å². The third-order valence-electron chi connectivity index (χ3n) is 3.43. The lowest BCUT2D eigenvalue weighted by molar-refractivity contribution is 0.102. The van der Waals surface area contributed by atoms with E-state index in [1.165, 1.54) is 12.1 Å². The highest BCUT2D eigenvalue weighted by Gasteiger charge is 2.20. The largest absolute Gasteiger partial charge is 0.307 e. The number of pyridine rings is 1. The van der Waals surface area contributed by atoms with Crippen LogP contribution in [-0.2, 0) is 5.54 Å². The van der Waals surface area contributed by atoms with Crippen molar-refractivity contribution < 1.29 is 9.18 Å². The van der Waals surface area contributed by atoms with Crippen molar-refractivity contribution >= 4 is 22.6 Å². The summed E-state index contributed by atoms with van der Waals surface area (Å²) in [6, 6.07) is 7.69. The van der Waals surface area contributed by atoms with Gasteiger partial charge in [-0.15, -0.1) is 0 Å². The Balaban J connectivity index is 2.01. The van der Waals surface area contributed by atoms with E-state index in [9.17, 15) is 9.18 Å². The number of carbonyl (C=O) groups excluding carboxylic acids is 1. The van der Waals surface area contributed by atoms with E-state index in [1.807, 2.05) is 20.8 Å². The van der Waals surface area contributed by atoms with E-state index in [1.54, 1.807) is 35.3 Å². The lowest BCUT2D eigenvalue weighted by atomic mass is 10.1. The van der Waals surface area contributed by atoms with Crippen molar-refractivity contribution in [3.63, 3.8) is 0 Å².